The molecule has 2 atom stereocenters. The van der Waals surface area contributed by atoms with E-state index >= 15 is 0 Å². The van der Waals surface area contributed by atoms with Gasteiger partial charge in [-0.15, -0.1) is 11.6 Å². The number of nitrogens with zero attached hydrogens (tertiary/aromatic N) is 1. The Labute approximate surface area is 210 Å². The number of aromatic nitrogens is 1. The molecule has 1 saturated heterocycles. The first-order chi connectivity index (χ1) is 17.0. The van der Waals surface area contributed by atoms with E-state index in [0.29, 0.717) is 0 Å². The molecule has 1 amide bonds. The van der Waals surface area contributed by atoms with Crippen LogP contribution in [0.1, 0.15) is 50.1 Å². The maximum atomic E-state index is 13.5. The van der Waals surface area contributed by atoms with Gasteiger partial charge in [0.1, 0.15) is 16.9 Å². The number of amides is 1. The van der Waals surface area contributed by atoms with E-state index in [1.807, 2.05) is 24.3 Å². The summed E-state index contributed by atoms with van der Waals surface area (Å²) in [5.74, 6) is 3.94. The maximum Gasteiger partial charge on any atom is 0.244 e. The first kappa shape index (κ1) is 21.6. The molecule has 5 fully saturated rings. The van der Waals surface area contributed by atoms with Crippen molar-refractivity contribution < 1.29 is 14.3 Å². The van der Waals surface area contributed by atoms with Crippen molar-refractivity contribution in [1.82, 2.24) is 9.88 Å². The average molecular weight is 491 g/mol. The van der Waals surface area contributed by atoms with Crippen molar-refractivity contribution in [3.8, 4) is 22.8 Å². The number of para-hydroxylation sites is 1. The molecule has 182 valence electrons. The van der Waals surface area contributed by atoms with Crippen LogP contribution in [0.4, 0.5) is 0 Å². The highest BCUT2D eigenvalue weighted by Gasteiger charge is 2.62. The number of benzene rings is 2. The van der Waals surface area contributed by atoms with Gasteiger partial charge in [0.15, 0.2) is 0 Å². The summed E-state index contributed by atoms with van der Waals surface area (Å²) in [6.07, 6.45) is 7.40. The van der Waals surface area contributed by atoms with E-state index in [1.54, 1.807) is 14.2 Å². The van der Waals surface area contributed by atoms with Crippen molar-refractivity contribution in [3.05, 3.63) is 48.0 Å². The van der Waals surface area contributed by atoms with Crippen LogP contribution in [0.3, 0.4) is 0 Å². The van der Waals surface area contributed by atoms with Gasteiger partial charge in [-0.1, -0.05) is 12.1 Å². The Balaban J connectivity index is 1.42. The number of fused-ring (bicyclic) bond motifs is 1. The Bertz CT molecular complexity index is 1300. The Hall–Kier alpha value is -2.66. The number of hydrogen-bond acceptors (Lipinski definition) is 3. The number of likely N-dealkylation sites (tertiary alicyclic amines) is 1. The van der Waals surface area contributed by atoms with Gasteiger partial charge in [-0.05, 0) is 86.6 Å². The van der Waals surface area contributed by atoms with Gasteiger partial charge in [-0.25, -0.2) is 0 Å². The molecule has 35 heavy (non-hydrogen) atoms. The fourth-order valence-corrected chi connectivity index (χ4v) is 8.65. The van der Waals surface area contributed by atoms with E-state index in [0.717, 1.165) is 76.2 Å². The van der Waals surface area contributed by atoms with Crippen LogP contribution in [-0.4, -0.2) is 40.9 Å². The molecule has 2 heterocycles. The van der Waals surface area contributed by atoms with Crippen LogP contribution in [0.15, 0.2) is 42.5 Å². The summed E-state index contributed by atoms with van der Waals surface area (Å²) in [7, 11) is 3.39. The lowest BCUT2D eigenvalue weighted by molar-refractivity contribution is -0.175. The number of methoxy groups -OCH3 is 2. The molecule has 8 rings (SSSR count). The molecule has 0 spiro atoms. The zero-order valence-corrected chi connectivity index (χ0v) is 21.0. The van der Waals surface area contributed by atoms with E-state index in [2.05, 4.69) is 28.1 Å². The summed E-state index contributed by atoms with van der Waals surface area (Å²) < 4.78 is 11.3. The number of carbonyl (C=O) groups excluding carboxylic acids is 1. The van der Waals surface area contributed by atoms with Crippen LogP contribution in [0.5, 0.6) is 11.5 Å². The molecule has 6 heteroatoms. The average Bonchev–Trinajstić information content (AvgIpc) is 3.23. The third-order valence-corrected chi connectivity index (χ3v) is 9.69. The predicted octanol–water partition coefficient (Wildman–Crippen LogP) is 6.31. The van der Waals surface area contributed by atoms with Crippen LogP contribution >= 0.6 is 11.6 Å². The minimum Gasteiger partial charge on any atom is -0.497 e. The first-order valence-corrected chi connectivity index (χ1v) is 13.2. The zero-order valence-electron chi connectivity index (χ0n) is 20.2. The number of ether oxygens (including phenoxy) is 2. The topological polar surface area (TPSA) is 54.6 Å². The number of halogens is 1. The van der Waals surface area contributed by atoms with Gasteiger partial charge in [-0.3, -0.25) is 4.79 Å². The molecule has 4 bridgehead atoms. The molecule has 5 nitrogen and oxygen atoms in total. The van der Waals surface area contributed by atoms with Crippen LogP contribution in [0.2, 0.25) is 0 Å². The van der Waals surface area contributed by atoms with Gasteiger partial charge in [0.25, 0.3) is 0 Å². The minimum atomic E-state index is -0.568. The Morgan fingerprint density at radius 2 is 1.66 bits per heavy atom. The van der Waals surface area contributed by atoms with Crippen LogP contribution in [-0.2, 0) is 4.79 Å². The minimum absolute atomic E-state index is 0.0532. The van der Waals surface area contributed by atoms with E-state index < -0.39 is 5.38 Å². The Kier molecular flexibility index (Phi) is 4.73. The highest BCUT2D eigenvalue weighted by Crippen LogP contribution is 2.62. The summed E-state index contributed by atoms with van der Waals surface area (Å²) in [4.78, 5) is 19.4. The molecule has 5 aliphatic rings. The zero-order chi connectivity index (χ0) is 23.9. The van der Waals surface area contributed by atoms with Gasteiger partial charge < -0.3 is 19.4 Å². The monoisotopic (exact) mass is 490 g/mol. The lowest BCUT2D eigenvalue weighted by atomic mass is 9.51. The summed E-state index contributed by atoms with van der Waals surface area (Å²) in [6, 6.07) is 14.0. The highest BCUT2D eigenvalue weighted by atomic mass is 35.5. The standard InChI is InChI=1S/C29H31ClN2O3/c1-34-19-7-8-22-21(12-19)24(26(31-22)20-5-3-4-6-23(20)35-2)27-25(30)28(33)32(27)29-13-16-9-17(14-29)11-18(10-16)15-29/h3-8,12,16-18,25,27,31H,9-11,13-15H2,1-2H3. The third-order valence-electron chi connectivity index (χ3n) is 9.26. The second-order valence-electron chi connectivity index (χ2n) is 11.2. The number of hydrogen-bond donors (Lipinski definition) is 1. The number of H-pyrrole nitrogens is 1. The SMILES string of the molecule is COc1ccc2[nH]c(-c3ccccc3OC)c(C3C(Cl)C(=O)N3C34CC5CC(CC(C5)C3)C4)c2c1. The van der Waals surface area contributed by atoms with Crippen molar-refractivity contribution in [3.63, 3.8) is 0 Å². The van der Waals surface area contributed by atoms with Gasteiger partial charge in [0, 0.05) is 27.6 Å². The number of rotatable bonds is 5. The Morgan fingerprint density at radius 3 is 2.31 bits per heavy atom. The number of aromatic amines is 1. The maximum absolute atomic E-state index is 13.5. The Morgan fingerprint density at radius 1 is 0.971 bits per heavy atom. The molecule has 2 unspecified atom stereocenters. The first-order valence-electron chi connectivity index (χ1n) is 12.8. The quantitative estimate of drug-likeness (QED) is 0.336. The third kappa shape index (κ3) is 3.03. The summed E-state index contributed by atoms with van der Waals surface area (Å²) in [5.41, 5.74) is 3.99. The molecule has 3 aromatic rings. The fraction of sp³-hybridized carbons (Fsp3) is 0.483. The van der Waals surface area contributed by atoms with Crippen molar-refractivity contribution in [2.45, 2.75) is 55.5 Å². The van der Waals surface area contributed by atoms with Crippen molar-refractivity contribution in [2.24, 2.45) is 17.8 Å². The number of β-lactam (4-membered cyclic amide) rings is 1. The van der Waals surface area contributed by atoms with E-state index in [-0.39, 0.29) is 17.5 Å². The molecular formula is C29H31ClN2O3. The normalized spacial score (nSPS) is 33.3. The smallest absolute Gasteiger partial charge is 0.244 e. The molecule has 1 aliphatic heterocycles. The highest BCUT2D eigenvalue weighted by molar-refractivity contribution is 6.34. The molecule has 2 aromatic carbocycles. The molecule has 4 saturated carbocycles. The summed E-state index contributed by atoms with van der Waals surface area (Å²) in [5, 5.41) is 0.491. The summed E-state index contributed by atoms with van der Waals surface area (Å²) >= 11 is 6.93. The molecule has 1 N–H and O–H groups in total. The summed E-state index contributed by atoms with van der Waals surface area (Å²) in [6.45, 7) is 0. The van der Waals surface area contributed by atoms with E-state index in [9.17, 15) is 4.79 Å². The van der Waals surface area contributed by atoms with Crippen LogP contribution in [0, 0.1) is 17.8 Å². The second-order valence-corrected chi connectivity index (χ2v) is 11.7. The van der Waals surface area contributed by atoms with Crippen LogP contribution in [0.25, 0.3) is 22.2 Å². The molecular weight excluding hydrogens is 460 g/mol. The van der Waals surface area contributed by atoms with Gasteiger partial charge >= 0.3 is 0 Å². The van der Waals surface area contributed by atoms with Crippen molar-refractivity contribution in [2.75, 3.05) is 14.2 Å². The van der Waals surface area contributed by atoms with E-state index in [1.165, 1.54) is 19.3 Å². The van der Waals surface area contributed by atoms with E-state index in [4.69, 9.17) is 21.1 Å². The predicted molar refractivity (Wildman–Crippen MR) is 137 cm³/mol. The van der Waals surface area contributed by atoms with Crippen molar-refractivity contribution >= 4 is 28.4 Å². The lowest BCUT2D eigenvalue weighted by Crippen LogP contribution is -2.70. The number of alkyl halides is 1. The van der Waals surface area contributed by atoms with Gasteiger partial charge in [0.05, 0.1) is 26.0 Å². The molecule has 4 aliphatic carbocycles. The second kappa shape index (κ2) is 7.67. The molecule has 0 radical (unpaired) electrons. The van der Waals surface area contributed by atoms with Gasteiger partial charge in [-0.2, -0.15) is 0 Å². The lowest BCUT2D eigenvalue weighted by Gasteiger charge is -2.65. The fourth-order valence-electron chi connectivity index (χ4n) is 8.31. The van der Waals surface area contributed by atoms with Gasteiger partial charge in [0.2, 0.25) is 5.91 Å². The van der Waals surface area contributed by atoms with Crippen LogP contribution < -0.4 is 9.47 Å². The number of nitrogens with one attached hydrogen (secondary N) is 1. The van der Waals surface area contributed by atoms with Crippen molar-refractivity contribution in [1.29, 1.82) is 0 Å². The number of carbonyl (C=O) groups is 1. The molecule has 1 aromatic heterocycles. The largest absolute Gasteiger partial charge is 0.497 e.